The van der Waals surface area contributed by atoms with E-state index in [9.17, 15) is 13.2 Å². The van der Waals surface area contributed by atoms with Crippen LogP contribution in [-0.4, -0.2) is 57.0 Å². The number of rotatable bonds is 6. The van der Waals surface area contributed by atoms with Crippen LogP contribution in [0.25, 0.3) is 0 Å². The van der Waals surface area contributed by atoms with Crippen LogP contribution in [0.3, 0.4) is 0 Å². The van der Waals surface area contributed by atoms with Gasteiger partial charge in [-0.15, -0.1) is 0 Å². The number of hydrogen-bond acceptors (Lipinski definition) is 3. The third-order valence-electron chi connectivity index (χ3n) is 3.58. The van der Waals surface area contributed by atoms with Crippen LogP contribution in [0.1, 0.15) is 25.7 Å². The molecule has 108 valence electrons. The topological polar surface area (TPSA) is 24.5 Å². The summed E-state index contributed by atoms with van der Waals surface area (Å²) in [5, 5.41) is 3.26. The maximum absolute atomic E-state index is 11.9. The second-order valence-electron chi connectivity index (χ2n) is 4.94. The second kappa shape index (κ2) is 7.31. The van der Waals surface area contributed by atoms with E-state index in [2.05, 4.69) is 15.0 Å². The molecule has 0 aromatic heterocycles. The van der Waals surface area contributed by atoms with E-state index in [1.807, 2.05) is 14.1 Å². The number of likely N-dealkylation sites (N-methyl/N-ethyl adjacent to an activating group) is 1. The summed E-state index contributed by atoms with van der Waals surface area (Å²) < 4.78 is 40.2. The smallest absolute Gasteiger partial charge is 0.371 e. The normalized spacial score (nSPS) is 25.7. The van der Waals surface area contributed by atoms with Crippen molar-refractivity contribution in [3.05, 3.63) is 0 Å². The molecule has 0 atom stereocenters. The molecule has 1 rings (SSSR count). The molecule has 0 radical (unpaired) electrons. The van der Waals surface area contributed by atoms with E-state index in [0.29, 0.717) is 18.6 Å². The number of hydrogen-bond donors (Lipinski definition) is 1. The van der Waals surface area contributed by atoms with Gasteiger partial charge in [0.1, 0.15) is 6.61 Å². The average molecular weight is 268 g/mol. The van der Waals surface area contributed by atoms with Gasteiger partial charge in [-0.2, -0.15) is 13.2 Å². The number of nitrogens with one attached hydrogen (secondary N) is 1. The molecule has 0 bridgehead atoms. The summed E-state index contributed by atoms with van der Waals surface area (Å²) in [5.74, 6) is 0. The third-order valence-corrected chi connectivity index (χ3v) is 3.58. The summed E-state index contributed by atoms with van der Waals surface area (Å²) in [4.78, 5) is 2.11. The van der Waals surface area contributed by atoms with Crippen LogP contribution in [-0.2, 0) is 4.74 Å². The molecule has 1 fully saturated rings. The van der Waals surface area contributed by atoms with Crippen LogP contribution in [0, 0.1) is 0 Å². The van der Waals surface area contributed by atoms with Crippen LogP contribution in [0.15, 0.2) is 0 Å². The predicted molar refractivity (Wildman–Crippen MR) is 64.6 cm³/mol. The lowest BCUT2D eigenvalue weighted by Gasteiger charge is -2.34. The minimum atomic E-state index is -4.22. The van der Waals surface area contributed by atoms with Crippen LogP contribution >= 0.6 is 0 Å². The molecule has 0 unspecified atom stereocenters. The Morgan fingerprint density at radius 2 is 1.83 bits per heavy atom. The fourth-order valence-corrected chi connectivity index (χ4v) is 2.38. The van der Waals surface area contributed by atoms with Crippen LogP contribution in [0.2, 0.25) is 0 Å². The van der Waals surface area contributed by atoms with Crippen molar-refractivity contribution in [3.63, 3.8) is 0 Å². The standard InChI is InChI=1S/C12H23F3N2O/c1-16-10-3-5-11(6-4-10)17(2)7-8-18-9-12(13,14)15/h10-11,16H,3-9H2,1-2H3. The Bertz CT molecular complexity index is 228. The first-order valence-corrected chi connectivity index (χ1v) is 6.44. The highest BCUT2D eigenvalue weighted by Gasteiger charge is 2.27. The zero-order valence-electron chi connectivity index (χ0n) is 11.1. The highest BCUT2D eigenvalue weighted by molar-refractivity contribution is 4.80. The summed E-state index contributed by atoms with van der Waals surface area (Å²) in [5.41, 5.74) is 0. The summed E-state index contributed by atoms with van der Waals surface area (Å²) in [6.45, 7) is -0.444. The molecule has 0 aromatic rings. The maximum Gasteiger partial charge on any atom is 0.411 e. The number of ether oxygens (including phenoxy) is 1. The van der Waals surface area contributed by atoms with Gasteiger partial charge >= 0.3 is 6.18 Å². The molecule has 6 heteroatoms. The zero-order chi connectivity index (χ0) is 13.6. The van der Waals surface area contributed by atoms with E-state index in [4.69, 9.17) is 0 Å². The fraction of sp³-hybridized carbons (Fsp3) is 1.00. The summed E-state index contributed by atoms with van der Waals surface area (Å²) in [6, 6.07) is 1.07. The Labute approximate surface area is 107 Å². The Balaban J connectivity index is 2.12. The van der Waals surface area contributed by atoms with Gasteiger partial charge in [-0.25, -0.2) is 0 Å². The lowest BCUT2D eigenvalue weighted by Crippen LogP contribution is -2.41. The van der Waals surface area contributed by atoms with Gasteiger partial charge in [-0.1, -0.05) is 0 Å². The molecular weight excluding hydrogens is 245 g/mol. The van der Waals surface area contributed by atoms with Crippen LogP contribution < -0.4 is 5.32 Å². The van der Waals surface area contributed by atoms with Gasteiger partial charge < -0.3 is 15.0 Å². The van der Waals surface area contributed by atoms with E-state index in [1.165, 1.54) is 0 Å². The quantitative estimate of drug-likeness (QED) is 0.746. The fourth-order valence-electron chi connectivity index (χ4n) is 2.38. The van der Waals surface area contributed by atoms with Gasteiger partial charge in [0, 0.05) is 18.6 Å². The van der Waals surface area contributed by atoms with Crippen molar-refractivity contribution < 1.29 is 17.9 Å². The molecule has 3 nitrogen and oxygen atoms in total. The first-order chi connectivity index (χ1) is 8.42. The molecule has 1 N–H and O–H groups in total. The van der Waals surface area contributed by atoms with Gasteiger partial charge in [-0.05, 0) is 39.8 Å². The van der Waals surface area contributed by atoms with Crippen molar-refractivity contribution >= 4 is 0 Å². The molecule has 0 aromatic carbocycles. The molecule has 0 amide bonds. The molecule has 0 aliphatic heterocycles. The Kier molecular flexibility index (Phi) is 6.38. The Morgan fingerprint density at radius 1 is 1.22 bits per heavy atom. The minimum absolute atomic E-state index is 0.141. The van der Waals surface area contributed by atoms with Gasteiger partial charge in [-0.3, -0.25) is 0 Å². The monoisotopic (exact) mass is 268 g/mol. The summed E-state index contributed by atoms with van der Waals surface area (Å²) >= 11 is 0. The van der Waals surface area contributed by atoms with Crippen molar-refractivity contribution in [2.45, 2.75) is 43.9 Å². The van der Waals surface area contributed by atoms with Crippen molar-refractivity contribution in [1.82, 2.24) is 10.2 Å². The van der Waals surface area contributed by atoms with E-state index in [-0.39, 0.29) is 6.61 Å². The van der Waals surface area contributed by atoms with Gasteiger partial charge in [0.25, 0.3) is 0 Å². The highest BCUT2D eigenvalue weighted by atomic mass is 19.4. The first-order valence-electron chi connectivity index (χ1n) is 6.44. The second-order valence-corrected chi connectivity index (χ2v) is 4.94. The van der Waals surface area contributed by atoms with Gasteiger partial charge in [0.2, 0.25) is 0 Å². The van der Waals surface area contributed by atoms with Crippen molar-refractivity contribution in [3.8, 4) is 0 Å². The summed E-state index contributed by atoms with van der Waals surface area (Å²) in [6.07, 6.45) is 0.246. The first kappa shape index (κ1) is 15.7. The van der Waals surface area contributed by atoms with Crippen molar-refractivity contribution in [2.24, 2.45) is 0 Å². The van der Waals surface area contributed by atoms with Gasteiger partial charge in [0.15, 0.2) is 0 Å². The maximum atomic E-state index is 11.9. The number of alkyl halides is 3. The van der Waals surface area contributed by atoms with E-state index < -0.39 is 12.8 Å². The number of nitrogens with zero attached hydrogens (tertiary/aromatic N) is 1. The third kappa shape index (κ3) is 6.02. The van der Waals surface area contributed by atoms with Crippen molar-refractivity contribution in [1.29, 1.82) is 0 Å². The summed E-state index contributed by atoms with van der Waals surface area (Å²) in [7, 11) is 3.93. The molecule has 0 heterocycles. The average Bonchev–Trinajstić information content (AvgIpc) is 2.33. The molecule has 0 saturated heterocycles. The lowest BCUT2D eigenvalue weighted by atomic mass is 9.90. The van der Waals surface area contributed by atoms with E-state index >= 15 is 0 Å². The number of halogens is 3. The molecule has 1 aliphatic rings. The molecule has 0 spiro atoms. The molecule has 18 heavy (non-hydrogen) atoms. The SMILES string of the molecule is CNC1CCC(N(C)CCOCC(F)(F)F)CC1. The zero-order valence-corrected chi connectivity index (χ0v) is 11.1. The Hall–Kier alpha value is -0.330. The molecule has 1 saturated carbocycles. The minimum Gasteiger partial charge on any atom is -0.371 e. The predicted octanol–water partition coefficient (Wildman–Crippen LogP) is 2.03. The van der Waals surface area contributed by atoms with E-state index in [0.717, 1.165) is 25.7 Å². The van der Waals surface area contributed by atoms with Crippen LogP contribution in [0.5, 0.6) is 0 Å². The largest absolute Gasteiger partial charge is 0.411 e. The molecular formula is C12H23F3N2O. The Morgan fingerprint density at radius 3 is 2.33 bits per heavy atom. The lowest BCUT2D eigenvalue weighted by molar-refractivity contribution is -0.174. The van der Waals surface area contributed by atoms with Crippen LogP contribution in [0.4, 0.5) is 13.2 Å². The molecule has 1 aliphatic carbocycles. The van der Waals surface area contributed by atoms with Gasteiger partial charge in [0.05, 0.1) is 6.61 Å². The van der Waals surface area contributed by atoms with E-state index in [1.54, 1.807) is 0 Å². The van der Waals surface area contributed by atoms with Crippen molar-refractivity contribution in [2.75, 3.05) is 33.9 Å². The highest BCUT2D eigenvalue weighted by Crippen LogP contribution is 2.22.